The summed E-state index contributed by atoms with van der Waals surface area (Å²) in [5.74, 6) is 6.16. The van der Waals surface area contributed by atoms with E-state index in [2.05, 4.69) is 10.5 Å². The van der Waals surface area contributed by atoms with E-state index in [0.29, 0.717) is 13.3 Å². The van der Waals surface area contributed by atoms with Gasteiger partial charge in [0.2, 0.25) is 0 Å². The lowest BCUT2D eigenvalue weighted by molar-refractivity contribution is 0.233. The van der Waals surface area contributed by atoms with Crippen LogP contribution in [0.4, 0.5) is 0 Å². The molecule has 0 saturated carbocycles. The van der Waals surface area contributed by atoms with Gasteiger partial charge in [0.05, 0.1) is 0 Å². The Morgan fingerprint density at radius 1 is 2.00 bits per heavy atom. The third-order valence-corrected chi connectivity index (χ3v) is 1.05. The molecule has 0 aromatic carbocycles. The smallest absolute Gasteiger partial charge is 0.166 e. The Hall–Kier alpha value is -0.810. The predicted octanol–water partition coefficient (Wildman–Crippen LogP) is -1.32. The minimum absolute atomic E-state index is 0.462. The van der Waals surface area contributed by atoms with E-state index in [-0.39, 0.29) is 0 Å². The first-order chi connectivity index (χ1) is 4.34. The number of rotatable bonds is 2. The highest BCUT2D eigenvalue weighted by Gasteiger charge is 2.10. The van der Waals surface area contributed by atoms with Gasteiger partial charge in [0.25, 0.3) is 0 Å². The molecule has 0 saturated heterocycles. The number of nitrogens with one attached hydrogen (secondary N) is 1. The molecule has 0 aromatic heterocycles. The Morgan fingerprint density at radius 3 is 3.22 bits per heavy atom. The van der Waals surface area contributed by atoms with Crippen LogP contribution in [-0.4, -0.2) is 31.2 Å². The predicted molar refractivity (Wildman–Crippen MR) is 33.3 cm³/mol. The standard InChI is InChI=1S/C4H10N4O/c1-9-2-4-7-6-3-8(4)5/h6H,2-3,5H2,1H3. The van der Waals surface area contributed by atoms with Crippen molar-refractivity contribution in [3.63, 3.8) is 0 Å². The van der Waals surface area contributed by atoms with E-state index < -0.39 is 0 Å². The fourth-order valence-corrected chi connectivity index (χ4v) is 0.603. The van der Waals surface area contributed by atoms with E-state index in [1.165, 1.54) is 5.01 Å². The van der Waals surface area contributed by atoms with Gasteiger partial charge < -0.3 is 4.74 Å². The Balaban J connectivity index is 2.38. The van der Waals surface area contributed by atoms with Gasteiger partial charge in [0.15, 0.2) is 5.84 Å². The fraction of sp³-hybridized carbons (Fsp3) is 0.750. The average Bonchev–Trinajstić information content (AvgIpc) is 2.18. The molecule has 1 aliphatic rings. The highest BCUT2D eigenvalue weighted by molar-refractivity contribution is 5.83. The molecule has 0 amide bonds. The summed E-state index contributed by atoms with van der Waals surface area (Å²) in [6.07, 6.45) is 0. The quantitative estimate of drug-likeness (QED) is 0.455. The van der Waals surface area contributed by atoms with Crippen LogP contribution in [0.1, 0.15) is 0 Å². The first-order valence-corrected chi connectivity index (χ1v) is 2.65. The summed E-state index contributed by atoms with van der Waals surface area (Å²) in [7, 11) is 1.61. The molecule has 0 radical (unpaired) electrons. The number of methoxy groups -OCH3 is 1. The second-order valence-corrected chi connectivity index (χ2v) is 1.75. The molecular weight excluding hydrogens is 120 g/mol. The maximum atomic E-state index is 5.43. The van der Waals surface area contributed by atoms with Gasteiger partial charge in [-0.3, -0.25) is 10.4 Å². The summed E-state index contributed by atoms with van der Waals surface area (Å²) in [5.41, 5.74) is 2.72. The molecule has 0 aromatic rings. The lowest BCUT2D eigenvalue weighted by Gasteiger charge is -2.09. The molecule has 0 atom stereocenters. The molecule has 5 heteroatoms. The zero-order chi connectivity index (χ0) is 6.69. The molecule has 1 aliphatic heterocycles. The Labute approximate surface area is 53.4 Å². The molecule has 0 unspecified atom stereocenters. The van der Waals surface area contributed by atoms with Gasteiger partial charge in [0, 0.05) is 7.11 Å². The number of hydrogen-bond acceptors (Lipinski definition) is 5. The number of hydrogen-bond donors (Lipinski definition) is 2. The van der Waals surface area contributed by atoms with Crippen molar-refractivity contribution in [3.8, 4) is 0 Å². The van der Waals surface area contributed by atoms with Crippen molar-refractivity contribution < 1.29 is 4.74 Å². The molecule has 5 nitrogen and oxygen atoms in total. The van der Waals surface area contributed by atoms with Crippen LogP contribution < -0.4 is 11.3 Å². The van der Waals surface area contributed by atoms with Crippen molar-refractivity contribution in [1.82, 2.24) is 10.4 Å². The van der Waals surface area contributed by atoms with Gasteiger partial charge in [-0.2, -0.15) is 5.10 Å². The van der Waals surface area contributed by atoms with E-state index in [1.807, 2.05) is 0 Å². The zero-order valence-electron chi connectivity index (χ0n) is 5.29. The van der Waals surface area contributed by atoms with Crippen LogP contribution in [0.5, 0.6) is 0 Å². The number of hydrazine groups is 1. The molecule has 0 bridgehead atoms. The van der Waals surface area contributed by atoms with Crippen molar-refractivity contribution in [2.24, 2.45) is 10.9 Å². The second kappa shape index (κ2) is 2.65. The van der Waals surface area contributed by atoms with Crippen LogP contribution >= 0.6 is 0 Å². The van der Waals surface area contributed by atoms with Gasteiger partial charge in [-0.1, -0.05) is 0 Å². The molecule has 52 valence electrons. The summed E-state index contributed by atoms with van der Waals surface area (Å²) in [6.45, 7) is 1.03. The highest BCUT2D eigenvalue weighted by Crippen LogP contribution is 1.89. The first-order valence-electron chi connectivity index (χ1n) is 2.65. The topological polar surface area (TPSA) is 62.9 Å². The molecule has 0 aliphatic carbocycles. The number of amidine groups is 1. The lowest BCUT2D eigenvalue weighted by Crippen LogP contribution is -2.37. The van der Waals surface area contributed by atoms with Crippen molar-refractivity contribution >= 4 is 5.84 Å². The summed E-state index contributed by atoms with van der Waals surface area (Å²) >= 11 is 0. The van der Waals surface area contributed by atoms with Gasteiger partial charge in [-0.15, -0.1) is 0 Å². The first kappa shape index (κ1) is 6.31. The number of nitrogens with two attached hydrogens (primary N) is 1. The number of nitrogens with zero attached hydrogens (tertiary/aromatic N) is 2. The van der Waals surface area contributed by atoms with Gasteiger partial charge in [-0.05, 0) is 0 Å². The van der Waals surface area contributed by atoms with Gasteiger partial charge in [0.1, 0.15) is 13.3 Å². The number of ether oxygens (including phenoxy) is 1. The molecular formula is C4H10N4O. The van der Waals surface area contributed by atoms with E-state index in [1.54, 1.807) is 7.11 Å². The van der Waals surface area contributed by atoms with Crippen LogP contribution in [0.25, 0.3) is 0 Å². The van der Waals surface area contributed by atoms with Crippen LogP contribution in [-0.2, 0) is 4.74 Å². The Morgan fingerprint density at radius 2 is 2.78 bits per heavy atom. The summed E-state index contributed by atoms with van der Waals surface area (Å²) in [4.78, 5) is 0. The van der Waals surface area contributed by atoms with E-state index in [9.17, 15) is 0 Å². The van der Waals surface area contributed by atoms with Crippen LogP contribution in [0, 0.1) is 0 Å². The summed E-state index contributed by atoms with van der Waals surface area (Å²) < 4.78 is 4.80. The lowest BCUT2D eigenvalue weighted by atomic mass is 10.6. The van der Waals surface area contributed by atoms with Crippen molar-refractivity contribution in [2.75, 3.05) is 20.4 Å². The van der Waals surface area contributed by atoms with E-state index in [4.69, 9.17) is 10.6 Å². The SMILES string of the molecule is COCC1=NNCN1N. The number of hydrazone groups is 1. The molecule has 0 fully saturated rings. The monoisotopic (exact) mass is 130 g/mol. The van der Waals surface area contributed by atoms with Gasteiger partial charge >= 0.3 is 0 Å². The highest BCUT2D eigenvalue weighted by atomic mass is 16.5. The third kappa shape index (κ3) is 1.30. The van der Waals surface area contributed by atoms with Crippen LogP contribution in [0.2, 0.25) is 0 Å². The third-order valence-electron chi connectivity index (χ3n) is 1.05. The van der Waals surface area contributed by atoms with Gasteiger partial charge in [-0.25, -0.2) is 5.84 Å². The molecule has 3 N–H and O–H groups in total. The van der Waals surface area contributed by atoms with E-state index >= 15 is 0 Å². The maximum absolute atomic E-state index is 5.43. The summed E-state index contributed by atoms with van der Waals surface area (Å²) in [6, 6.07) is 0. The fourth-order valence-electron chi connectivity index (χ4n) is 0.603. The average molecular weight is 130 g/mol. The second-order valence-electron chi connectivity index (χ2n) is 1.75. The van der Waals surface area contributed by atoms with Crippen molar-refractivity contribution in [3.05, 3.63) is 0 Å². The largest absolute Gasteiger partial charge is 0.377 e. The van der Waals surface area contributed by atoms with Crippen molar-refractivity contribution in [1.29, 1.82) is 0 Å². The zero-order valence-corrected chi connectivity index (χ0v) is 5.29. The minimum atomic E-state index is 0.462. The minimum Gasteiger partial charge on any atom is -0.377 e. The maximum Gasteiger partial charge on any atom is 0.166 e. The van der Waals surface area contributed by atoms with E-state index in [0.717, 1.165) is 5.84 Å². The van der Waals surface area contributed by atoms with Crippen molar-refractivity contribution in [2.45, 2.75) is 0 Å². The molecule has 1 rings (SSSR count). The summed E-state index contributed by atoms with van der Waals surface area (Å²) in [5, 5.41) is 5.35. The molecule has 1 heterocycles. The Bertz CT molecular complexity index is 124. The molecule has 0 spiro atoms. The van der Waals surface area contributed by atoms with Crippen LogP contribution in [0.3, 0.4) is 0 Å². The molecule has 9 heavy (non-hydrogen) atoms. The normalized spacial score (nSPS) is 17.6. The van der Waals surface area contributed by atoms with Crippen LogP contribution in [0.15, 0.2) is 5.10 Å². The Kier molecular flexibility index (Phi) is 1.86.